The standard InChI is InChI=1S/C16H18ClFN6/c17-14-11-22-16(23-13(8-19)10-20-7-6-18)24-15(14)21-9-12-4-2-1-3-5-12/h1-5,8,10-11,19-20H,6-7,9H2,(H2,21,22,23,24)/b13-10+,19-8?. The first kappa shape index (κ1) is 17.7. The van der Waals surface area contributed by atoms with Gasteiger partial charge in [-0.25, -0.2) is 9.37 Å². The third kappa shape index (κ3) is 5.51. The molecule has 6 nitrogen and oxygen atoms in total. The minimum Gasteiger partial charge on any atom is -0.387 e. The normalized spacial score (nSPS) is 11.0. The van der Waals surface area contributed by atoms with E-state index in [9.17, 15) is 4.39 Å². The van der Waals surface area contributed by atoms with Crippen molar-refractivity contribution in [2.24, 2.45) is 0 Å². The van der Waals surface area contributed by atoms with Gasteiger partial charge < -0.3 is 21.4 Å². The van der Waals surface area contributed by atoms with Crippen LogP contribution >= 0.6 is 11.6 Å². The number of rotatable bonds is 9. The molecule has 0 fully saturated rings. The molecule has 0 aliphatic heterocycles. The first-order valence-electron chi connectivity index (χ1n) is 7.30. The number of aromatic nitrogens is 2. The second-order valence-corrected chi connectivity index (χ2v) is 5.15. The van der Waals surface area contributed by atoms with E-state index in [1.54, 1.807) is 0 Å². The molecule has 0 radical (unpaired) electrons. The van der Waals surface area contributed by atoms with Crippen molar-refractivity contribution in [3.63, 3.8) is 0 Å². The highest BCUT2D eigenvalue weighted by molar-refractivity contribution is 6.32. The average molecular weight is 349 g/mol. The van der Waals surface area contributed by atoms with Gasteiger partial charge in [-0.2, -0.15) is 4.98 Å². The molecule has 1 aromatic carbocycles. The lowest BCUT2D eigenvalue weighted by Crippen LogP contribution is -2.14. The topological polar surface area (TPSA) is 85.7 Å². The van der Waals surface area contributed by atoms with Gasteiger partial charge in [0.25, 0.3) is 0 Å². The average Bonchev–Trinajstić information content (AvgIpc) is 2.62. The van der Waals surface area contributed by atoms with Crippen molar-refractivity contribution in [1.29, 1.82) is 5.41 Å². The predicted molar refractivity (Wildman–Crippen MR) is 95.3 cm³/mol. The number of halogens is 2. The fraction of sp³-hybridized carbons (Fsp3) is 0.188. The summed E-state index contributed by atoms with van der Waals surface area (Å²) in [7, 11) is 0. The summed E-state index contributed by atoms with van der Waals surface area (Å²) in [6.45, 7) is 0.249. The summed E-state index contributed by atoms with van der Waals surface area (Å²) in [4.78, 5) is 8.36. The lowest BCUT2D eigenvalue weighted by Gasteiger charge is -2.10. The monoisotopic (exact) mass is 348 g/mol. The molecule has 0 aliphatic rings. The zero-order chi connectivity index (χ0) is 17.2. The summed E-state index contributed by atoms with van der Waals surface area (Å²) in [6, 6.07) is 9.85. The Bertz CT molecular complexity index is 692. The van der Waals surface area contributed by atoms with Gasteiger partial charge in [0.2, 0.25) is 5.95 Å². The smallest absolute Gasteiger partial charge is 0.229 e. The van der Waals surface area contributed by atoms with Crippen LogP contribution in [0.5, 0.6) is 0 Å². The molecule has 0 unspecified atom stereocenters. The molecule has 8 heteroatoms. The molecule has 0 bridgehead atoms. The Hall–Kier alpha value is -2.67. The van der Waals surface area contributed by atoms with E-state index >= 15 is 0 Å². The van der Waals surface area contributed by atoms with Gasteiger partial charge >= 0.3 is 0 Å². The molecule has 0 atom stereocenters. The maximum atomic E-state index is 12.1. The molecule has 126 valence electrons. The molecule has 2 rings (SSSR count). The van der Waals surface area contributed by atoms with E-state index in [0.29, 0.717) is 23.1 Å². The molecule has 4 N–H and O–H groups in total. The summed E-state index contributed by atoms with van der Waals surface area (Å²) in [5, 5.41) is 16.5. The maximum Gasteiger partial charge on any atom is 0.229 e. The van der Waals surface area contributed by atoms with E-state index in [4.69, 9.17) is 17.0 Å². The van der Waals surface area contributed by atoms with Crippen LogP contribution in [0.4, 0.5) is 16.2 Å². The molecule has 0 saturated carbocycles. The third-order valence-electron chi connectivity index (χ3n) is 2.95. The summed E-state index contributed by atoms with van der Waals surface area (Å²) in [5.74, 6) is 0.769. The van der Waals surface area contributed by atoms with Gasteiger partial charge in [-0.3, -0.25) is 0 Å². The van der Waals surface area contributed by atoms with Crippen LogP contribution in [-0.2, 0) is 6.54 Å². The first-order chi connectivity index (χ1) is 11.7. The van der Waals surface area contributed by atoms with Gasteiger partial charge in [-0.15, -0.1) is 0 Å². The molecule has 24 heavy (non-hydrogen) atoms. The van der Waals surface area contributed by atoms with Crippen molar-refractivity contribution in [1.82, 2.24) is 15.3 Å². The summed E-state index contributed by atoms with van der Waals surface area (Å²) >= 11 is 6.11. The number of nitrogens with one attached hydrogen (secondary N) is 4. The van der Waals surface area contributed by atoms with E-state index in [1.165, 1.54) is 12.4 Å². The van der Waals surface area contributed by atoms with E-state index in [1.807, 2.05) is 30.3 Å². The Morgan fingerprint density at radius 1 is 1.29 bits per heavy atom. The van der Waals surface area contributed by atoms with Crippen LogP contribution in [0.25, 0.3) is 0 Å². The Balaban J connectivity index is 2.04. The van der Waals surface area contributed by atoms with Crippen molar-refractivity contribution in [3.8, 4) is 0 Å². The van der Waals surface area contributed by atoms with Crippen LogP contribution in [0.2, 0.25) is 5.02 Å². The predicted octanol–water partition coefficient (Wildman–Crippen LogP) is 3.20. The molecular formula is C16H18ClFN6. The maximum absolute atomic E-state index is 12.1. The minimum absolute atomic E-state index is 0.171. The van der Waals surface area contributed by atoms with E-state index in [0.717, 1.165) is 11.8 Å². The van der Waals surface area contributed by atoms with Gasteiger partial charge in [-0.05, 0) is 5.56 Å². The lowest BCUT2D eigenvalue weighted by molar-refractivity contribution is 0.486. The third-order valence-corrected chi connectivity index (χ3v) is 3.23. The summed E-state index contributed by atoms with van der Waals surface area (Å²) in [5.41, 5.74) is 1.50. The summed E-state index contributed by atoms with van der Waals surface area (Å²) < 4.78 is 12.1. The van der Waals surface area contributed by atoms with Crippen molar-refractivity contribution in [2.45, 2.75) is 6.54 Å². The van der Waals surface area contributed by atoms with Gasteiger partial charge in [-0.1, -0.05) is 41.9 Å². The van der Waals surface area contributed by atoms with Crippen molar-refractivity contribution in [2.75, 3.05) is 23.9 Å². The van der Waals surface area contributed by atoms with E-state index in [2.05, 4.69) is 25.9 Å². The number of anilines is 2. The highest BCUT2D eigenvalue weighted by Gasteiger charge is 2.06. The highest BCUT2D eigenvalue weighted by Crippen LogP contribution is 2.20. The number of allylic oxidation sites excluding steroid dienone is 1. The molecule has 0 saturated heterocycles. The second kappa shape index (κ2) is 9.46. The van der Waals surface area contributed by atoms with Gasteiger partial charge in [0.05, 0.1) is 11.9 Å². The zero-order valence-electron chi connectivity index (χ0n) is 12.9. The fourth-order valence-corrected chi connectivity index (χ4v) is 1.97. The van der Waals surface area contributed by atoms with Crippen LogP contribution in [0.1, 0.15) is 5.56 Å². The molecule has 1 aromatic heterocycles. The van der Waals surface area contributed by atoms with E-state index in [-0.39, 0.29) is 12.5 Å². The quantitative estimate of drug-likeness (QED) is 0.413. The van der Waals surface area contributed by atoms with Crippen LogP contribution in [0.15, 0.2) is 48.4 Å². The van der Waals surface area contributed by atoms with Crippen molar-refractivity contribution in [3.05, 3.63) is 59.0 Å². The molecule has 0 spiro atoms. The van der Waals surface area contributed by atoms with Gasteiger partial charge in [0, 0.05) is 25.5 Å². The van der Waals surface area contributed by atoms with Crippen molar-refractivity contribution < 1.29 is 4.39 Å². The Morgan fingerprint density at radius 2 is 2.08 bits per heavy atom. The molecule has 2 aromatic rings. The first-order valence-corrected chi connectivity index (χ1v) is 7.68. The molecular weight excluding hydrogens is 331 g/mol. The van der Waals surface area contributed by atoms with Gasteiger partial charge in [0.15, 0.2) is 5.82 Å². The highest BCUT2D eigenvalue weighted by atomic mass is 35.5. The largest absolute Gasteiger partial charge is 0.387 e. The number of benzene rings is 1. The second-order valence-electron chi connectivity index (χ2n) is 4.74. The molecule has 0 aliphatic carbocycles. The number of hydrogen-bond donors (Lipinski definition) is 4. The molecule has 0 amide bonds. The van der Waals surface area contributed by atoms with Crippen LogP contribution < -0.4 is 16.0 Å². The van der Waals surface area contributed by atoms with Gasteiger partial charge in [0.1, 0.15) is 11.7 Å². The Morgan fingerprint density at radius 3 is 2.79 bits per heavy atom. The Labute approximate surface area is 144 Å². The SMILES string of the molecule is N=C/C(=C\NCCF)Nc1ncc(Cl)c(NCc2ccccc2)n1. The minimum atomic E-state index is -0.493. The Kier molecular flexibility index (Phi) is 6.97. The lowest BCUT2D eigenvalue weighted by atomic mass is 10.2. The number of hydrogen-bond acceptors (Lipinski definition) is 6. The number of nitrogens with zero attached hydrogens (tertiary/aromatic N) is 2. The van der Waals surface area contributed by atoms with Crippen molar-refractivity contribution >= 4 is 29.6 Å². The van der Waals surface area contributed by atoms with Crippen LogP contribution in [0, 0.1) is 5.41 Å². The molecule has 1 heterocycles. The zero-order valence-corrected chi connectivity index (χ0v) is 13.6. The van der Waals surface area contributed by atoms with E-state index < -0.39 is 6.67 Å². The van der Waals surface area contributed by atoms with Crippen LogP contribution in [-0.4, -0.2) is 29.4 Å². The summed E-state index contributed by atoms with van der Waals surface area (Å²) in [6.07, 6.45) is 4.04. The fourth-order valence-electron chi connectivity index (χ4n) is 1.81. The van der Waals surface area contributed by atoms with Crippen LogP contribution in [0.3, 0.4) is 0 Å². The number of alkyl halides is 1.